The molecule has 3 aliphatic rings. The summed E-state index contributed by atoms with van der Waals surface area (Å²) in [5, 5.41) is 18.9. The SMILES string of the molecule is CCC1(COC(=O)C2CCCCC2C(=O)O)COC(C(C)(C)COC(=O)C2CCCCC2C(=O)O)OC1. The third-order valence-electron chi connectivity index (χ3n) is 8.35. The normalized spacial score (nSPS) is 32.8. The molecular weight excluding hydrogens is 484 g/mol. The van der Waals surface area contributed by atoms with Gasteiger partial charge in [0.2, 0.25) is 0 Å². The molecule has 3 rings (SSSR count). The van der Waals surface area contributed by atoms with E-state index in [9.17, 15) is 29.4 Å². The molecule has 10 nitrogen and oxygen atoms in total. The molecule has 10 heteroatoms. The van der Waals surface area contributed by atoms with Crippen molar-refractivity contribution in [3.8, 4) is 0 Å². The van der Waals surface area contributed by atoms with Crippen molar-refractivity contribution in [3.05, 3.63) is 0 Å². The highest BCUT2D eigenvalue weighted by atomic mass is 16.7. The highest BCUT2D eigenvalue weighted by molar-refractivity contribution is 5.82. The van der Waals surface area contributed by atoms with Crippen LogP contribution in [0.1, 0.15) is 78.6 Å². The molecule has 1 heterocycles. The third kappa shape index (κ3) is 7.22. The quantitative estimate of drug-likeness (QED) is 0.404. The van der Waals surface area contributed by atoms with Gasteiger partial charge in [-0.25, -0.2) is 0 Å². The Morgan fingerprint density at radius 1 is 0.784 bits per heavy atom. The molecule has 2 N–H and O–H groups in total. The Morgan fingerprint density at radius 2 is 1.22 bits per heavy atom. The largest absolute Gasteiger partial charge is 0.481 e. The van der Waals surface area contributed by atoms with Crippen LogP contribution in [0.3, 0.4) is 0 Å². The highest BCUT2D eigenvalue weighted by Crippen LogP contribution is 2.37. The molecule has 0 aromatic rings. The average Bonchev–Trinajstić information content (AvgIpc) is 2.90. The second kappa shape index (κ2) is 12.6. The number of rotatable bonds is 10. The molecule has 0 bridgehead atoms. The summed E-state index contributed by atoms with van der Waals surface area (Å²) in [4.78, 5) is 48.5. The van der Waals surface area contributed by atoms with Gasteiger partial charge in [-0.1, -0.05) is 46.5 Å². The summed E-state index contributed by atoms with van der Waals surface area (Å²) in [6, 6.07) is 0. The van der Waals surface area contributed by atoms with Crippen LogP contribution in [0.4, 0.5) is 0 Å². The van der Waals surface area contributed by atoms with Crippen LogP contribution in [0.15, 0.2) is 0 Å². The summed E-state index contributed by atoms with van der Waals surface area (Å²) in [6.07, 6.45) is 5.19. The molecule has 1 aliphatic heterocycles. The number of esters is 2. The summed E-state index contributed by atoms with van der Waals surface area (Å²) < 4.78 is 23.2. The van der Waals surface area contributed by atoms with Gasteiger partial charge in [0, 0.05) is 5.41 Å². The molecule has 0 aromatic heterocycles. The van der Waals surface area contributed by atoms with E-state index in [1.54, 1.807) is 0 Å². The van der Waals surface area contributed by atoms with Gasteiger partial charge in [-0.05, 0) is 32.1 Å². The van der Waals surface area contributed by atoms with Crippen LogP contribution >= 0.6 is 0 Å². The van der Waals surface area contributed by atoms with Crippen molar-refractivity contribution < 1.29 is 48.3 Å². The number of carbonyl (C=O) groups is 4. The fraction of sp³-hybridized carbons (Fsp3) is 0.852. The Labute approximate surface area is 218 Å². The van der Waals surface area contributed by atoms with E-state index in [2.05, 4.69) is 0 Å². The van der Waals surface area contributed by atoms with Crippen LogP contribution in [0, 0.1) is 34.5 Å². The maximum atomic E-state index is 12.7. The van der Waals surface area contributed by atoms with Gasteiger partial charge in [-0.2, -0.15) is 0 Å². The third-order valence-corrected chi connectivity index (χ3v) is 8.35. The van der Waals surface area contributed by atoms with Gasteiger partial charge in [0.1, 0.15) is 13.2 Å². The number of ether oxygens (including phenoxy) is 4. The molecule has 0 spiro atoms. The van der Waals surface area contributed by atoms with Gasteiger partial charge in [0.05, 0.1) is 42.3 Å². The molecule has 0 radical (unpaired) electrons. The van der Waals surface area contributed by atoms with E-state index in [0.717, 1.165) is 25.7 Å². The summed E-state index contributed by atoms with van der Waals surface area (Å²) in [5.41, 5.74) is -1.24. The first-order chi connectivity index (χ1) is 17.5. The van der Waals surface area contributed by atoms with E-state index in [0.29, 0.717) is 32.1 Å². The minimum absolute atomic E-state index is 0.0196. The zero-order valence-electron chi connectivity index (χ0n) is 22.2. The molecule has 210 valence electrons. The zero-order valence-corrected chi connectivity index (χ0v) is 22.2. The lowest BCUT2D eigenvalue weighted by molar-refractivity contribution is -0.281. The van der Waals surface area contributed by atoms with Crippen molar-refractivity contribution in [2.75, 3.05) is 26.4 Å². The van der Waals surface area contributed by atoms with Gasteiger partial charge in [0.15, 0.2) is 6.29 Å². The molecular formula is C27H42O10. The summed E-state index contributed by atoms with van der Waals surface area (Å²) in [6.45, 7) is 6.31. The first-order valence-corrected chi connectivity index (χ1v) is 13.5. The number of hydrogen-bond acceptors (Lipinski definition) is 8. The van der Waals surface area contributed by atoms with E-state index in [1.165, 1.54) is 0 Å². The predicted octanol–water partition coefficient (Wildman–Crippen LogP) is 3.65. The van der Waals surface area contributed by atoms with Crippen LogP contribution in [0.5, 0.6) is 0 Å². The first-order valence-electron chi connectivity index (χ1n) is 13.5. The van der Waals surface area contributed by atoms with Gasteiger partial charge in [-0.3, -0.25) is 19.2 Å². The molecule has 0 amide bonds. The predicted molar refractivity (Wildman–Crippen MR) is 130 cm³/mol. The van der Waals surface area contributed by atoms with E-state index in [-0.39, 0.29) is 26.4 Å². The number of aliphatic carboxylic acids is 2. The van der Waals surface area contributed by atoms with Gasteiger partial charge < -0.3 is 29.2 Å². The molecule has 37 heavy (non-hydrogen) atoms. The molecule has 4 unspecified atom stereocenters. The van der Waals surface area contributed by atoms with Crippen LogP contribution in [0.25, 0.3) is 0 Å². The highest BCUT2D eigenvalue weighted by Gasteiger charge is 2.45. The summed E-state index contributed by atoms with van der Waals surface area (Å²) in [7, 11) is 0. The Hall–Kier alpha value is -2.20. The van der Waals surface area contributed by atoms with E-state index < -0.39 is 64.7 Å². The van der Waals surface area contributed by atoms with Crippen LogP contribution in [-0.4, -0.2) is 66.8 Å². The lowest BCUT2D eigenvalue weighted by Crippen LogP contribution is -2.51. The Kier molecular flexibility index (Phi) is 9.97. The number of carboxylic acid groups (broad SMARTS) is 2. The maximum Gasteiger partial charge on any atom is 0.309 e. The fourth-order valence-electron chi connectivity index (χ4n) is 5.62. The minimum Gasteiger partial charge on any atom is -0.481 e. The standard InChI is InChI=1S/C27H42O10/c1-4-27(14-35-24(33)20-12-8-6-10-18(20)22(30)31)15-36-25(37-16-27)26(2,3)13-34-23(32)19-11-7-5-9-17(19)21(28)29/h17-20,25H,4-16H2,1-3H3,(H,28,29)(H,30,31). The minimum atomic E-state index is -0.960. The second-order valence-corrected chi connectivity index (χ2v) is 11.7. The van der Waals surface area contributed by atoms with E-state index in [1.807, 2.05) is 20.8 Å². The monoisotopic (exact) mass is 526 g/mol. The van der Waals surface area contributed by atoms with Crippen molar-refractivity contribution >= 4 is 23.9 Å². The van der Waals surface area contributed by atoms with Gasteiger partial charge in [0.25, 0.3) is 0 Å². The maximum absolute atomic E-state index is 12.7. The number of carbonyl (C=O) groups excluding carboxylic acids is 2. The van der Waals surface area contributed by atoms with E-state index >= 15 is 0 Å². The van der Waals surface area contributed by atoms with Crippen molar-refractivity contribution in [2.45, 2.75) is 84.8 Å². The lowest BCUT2D eigenvalue weighted by Gasteiger charge is -2.44. The summed E-state index contributed by atoms with van der Waals surface area (Å²) in [5.74, 6) is -5.56. The van der Waals surface area contributed by atoms with E-state index in [4.69, 9.17) is 18.9 Å². The Balaban J connectivity index is 1.50. The van der Waals surface area contributed by atoms with Gasteiger partial charge >= 0.3 is 23.9 Å². The molecule has 2 saturated carbocycles. The molecule has 4 atom stereocenters. The Bertz CT molecular complexity index is 829. The molecule has 0 aromatic carbocycles. The Morgan fingerprint density at radius 3 is 1.65 bits per heavy atom. The van der Waals surface area contributed by atoms with Crippen LogP contribution in [0.2, 0.25) is 0 Å². The van der Waals surface area contributed by atoms with Crippen LogP contribution in [-0.2, 0) is 38.1 Å². The summed E-state index contributed by atoms with van der Waals surface area (Å²) >= 11 is 0. The smallest absolute Gasteiger partial charge is 0.309 e. The van der Waals surface area contributed by atoms with Crippen molar-refractivity contribution in [2.24, 2.45) is 34.5 Å². The fourth-order valence-corrected chi connectivity index (χ4v) is 5.62. The molecule has 1 saturated heterocycles. The number of carboxylic acids is 2. The average molecular weight is 527 g/mol. The topological polar surface area (TPSA) is 146 Å². The zero-order chi connectivity index (χ0) is 27.2. The number of hydrogen-bond donors (Lipinski definition) is 2. The molecule has 2 aliphatic carbocycles. The van der Waals surface area contributed by atoms with Gasteiger partial charge in [-0.15, -0.1) is 0 Å². The molecule has 3 fully saturated rings. The van der Waals surface area contributed by atoms with Crippen molar-refractivity contribution in [1.29, 1.82) is 0 Å². The lowest BCUT2D eigenvalue weighted by atomic mass is 9.79. The van der Waals surface area contributed by atoms with Crippen molar-refractivity contribution in [3.63, 3.8) is 0 Å². The van der Waals surface area contributed by atoms with Crippen molar-refractivity contribution in [1.82, 2.24) is 0 Å². The second-order valence-electron chi connectivity index (χ2n) is 11.7. The first kappa shape index (κ1) is 29.4. The van der Waals surface area contributed by atoms with Crippen LogP contribution < -0.4 is 0 Å².